The summed E-state index contributed by atoms with van der Waals surface area (Å²) in [5.74, 6) is -2.19. The van der Waals surface area contributed by atoms with E-state index in [2.05, 4.69) is 10.6 Å². The summed E-state index contributed by atoms with van der Waals surface area (Å²) in [6.45, 7) is -0.843. The van der Waals surface area contributed by atoms with Crippen LogP contribution in [0, 0.1) is 5.82 Å². The molecule has 0 unspecified atom stereocenters. The zero-order valence-corrected chi connectivity index (χ0v) is 15.4. The van der Waals surface area contributed by atoms with Crippen LogP contribution in [0.25, 0.3) is 0 Å². The molecule has 2 rings (SSSR count). The van der Waals surface area contributed by atoms with Crippen molar-refractivity contribution in [1.82, 2.24) is 5.32 Å². The molecule has 0 aromatic heterocycles. The molecule has 0 fully saturated rings. The van der Waals surface area contributed by atoms with E-state index in [9.17, 15) is 18.8 Å². The maximum Gasteiger partial charge on any atom is 0.310 e. The Morgan fingerprint density at radius 3 is 2.33 bits per heavy atom. The number of nitrogens with one attached hydrogen (secondary N) is 2. The van der Waals surface area contributed by atoms with Crippen molar-refractivity contribution in [2.75, 3.05) is 18.5 Å². The van der Waals surface area contributed by atoms with Gasteiger partial charge < -0.3 is 15.4 Å². The van der Waals surface area contributed by atoms with Crippen LogP contribution in [-0.2, 0) is 25.5 Å². The van der Waals surface area contributed by atoms with Crippen LogP contribution >= 0.6 is 23.2 Å². The second-order valence-electron chi connectivity index (χ2n) is 5.42. The van der Waals surface area contributed by atoms with Crippen LogP contribution in [0.3, 0.4) is 0 Å². The van der Waals surface area contributed by atoms with Gasteiger partial charge in [0.15, 0.2) is 6.61 Å². The van der Waals surface area contributed by atoms with E-state index in [1.807, 2.05) is 0 Å². The molecule has 2 aromatic rings. The second-order valence-corrected chi connectivity index (χ2v) is 6.23. The number of rotatable bonds is 7. The summed E-state index contributed by atoms with van der Waals surface area (Å²) < 4.78 is 17.6. The number of hydrogen-bond acceptors (Lipinski definition) is 4. The SMILES string of the molecule is O=C(COC(=O)Cc1ccc(Cl)c(Cl)c1)NCC(=O)Nc1ccc(F)cc1. The summed E-state index contributed by atoms with van der Waals surface area (Å²) in [6, 6.07) is 9.88. The Kier molecular flexibility index (Phi) is 7.57. The Balaban J connectivity index is 1.69. The van der Waals surface area contributed by atoms with E-state index in [0.29, 0.717) is 21.3 Å². The molecular formula is C18H15Cl2FN2O4. The molecule has 2 aromatic carbocycles. The summed E-state index contributed by atoms with van der Waals surface area (Å²) in [6.07, 6.45) is -0.0742. The third-order valence-corrected chi connectivity index (χ3v) is 4.01. The highest BCUT2D eigenvalue weighted by atomic mass is 35.5. The van der Waals surface area contributed by atoms with E-state index in [4.69, 9.17) is 27.9 Å². The van der Waals surface area contributed by atoms with Gasteiger partial charge in [-0.1, -0.05) is 29.3 Å². The van der Waals surface area contributed by atoms with Gasteiger partial charge in [-0.2, -0.15) is 0 Å². The third-order valence-electron chi connectivity index (χ3n) is 3.27. The monoisotopic (exact) mass is 412 g/mol. The van der Waals surface area contributed by atoms with Crippen molar-refractivity contribution in [2.24, 2.45) is 0 Å². The van der Waals surface area contributed by atoms with Crippen molar-refractivity contribution in [3.63, 3.8) is 0 Å². The minimum atomic E-state index is -0.633. The first-order valence-corrected chi connectivity index (χ1v) is 8.51. The summed E-state index contributed by atoms with van der Waals surface area (Å²) in [5, 5.41) is 5.47. The molecule has 0 spiro atoms. The van der Waals surface area contributed by atoms with E-state index in [0.717, 1.165) is 0 Å². The highest BCUT2D eigenvalue weighted by molar-refractivity contribution is 6.42. The fraction of sp³-hybridized carbons (Fsp3) is 0.167. The number of ether oxygens (including phenoxy) is 1. The molecule has 0 aliphatic carbocycles. The van der Waals surface area contributed by atoms with Crippen LogP contribution in [0.2, 0.25) is 10.0 Å². The Hall–Kier alpha value is -2.64. The predicted molar refractivity (Wildman–Crippen MR) is 99.2 cm³/mol. The number of amides is 2. The van der Waals surface area contributed by atoms with Crippen molar-refractivity contribution < 1.29 is 23.5 Å². The third kappa shape index (κ3) is 7.24. The Bertz CT molecular complexity index is 844. The first-order valence-electron chi connectivity index (χ1n) is 7.75. The van der Waals surface area contributed by atoms with Crippen molar-refractivity contribution >= 4 is 46.7 Å². The van der Waals surface area contributed by atoms with Gasteiger partial charge >= 0.3 is 5.97 Å². The number of anilines is 1. The van der Waals surface area contributed by atoms with Crippen LogP contribution < -0.4 is 10.6 Å². The van der Waals surface area contributed by atoms with Gasteiger partial charge in [0.25, 0.3) is 5.91 Å². The molecule has 2 N–H and O–H groups in total. The number of carbonyl (C=O) groups excluding carboxylic acids is 3. The molecule has 0 atom stereocenters. The zero-order chi connectivity index (χ0) is 19.8. The van der Waals surface area contributed by atoms with E-state index in [1.165, 1.54) is 30.3 Å². The number of esters is 1. The first kappa shape index (κ1) is 20.7. The lowest BCUT2D eigenvalue weighted by molar-refractivity contribution is -0.147. The second kappa shape index (κ2) is 9.89. The molecule has 0 saturated carbocycles. The van der Waals surface area contributed by atoms with Crippen molar-refractivity contribution in [3.8, 4) is 0 Å². The van der Waals surface area contributed by atoms with Gasteiger partial charge in [-0.25, -0.2) is 4.39 Å². The molecule has 0 radical (unpaired) electrons. The van der Waals surface area contributed by atoms with Gasteiger partial charge in [0, 0.05) is 5.69 Å². The molecule has 27 heavy (non-hydrogen) atoms. The van der Waals surface area contributed by atoms with E-state index < -0.39 is 30.2 Å². The molecule has 6 nitrogen and oxygen atoms in total. The van der Waals surface area contributed by atoms with Gasteiger partial charge in [-0.3, -0.25) is 14.4 Å². The molecule has 0 saturated heterocycles. The van der Waals surface area contributed by atoms with Gasteiger partial charge in [-0.15, -0.1) is 0 Å². The minimum Gasteiger partial charge on any atom is -0.455 e. The number of hydrogen-bond donors (Lipinski definition) is 2. The molecule has 0 aliphatic heterocycles. The molecular weight excluding hydrogens is 398 g/mol. The Labute approximate surface area is 164 Å². The summed E-state index contributed by atoms with van der Waals surface area (Å²) in [5.41, 5.74) is 0.984. The first-order chi connectivity index (χ1) is 12.8. The van der Waals surface area contributed by atoms with Gasteiger partial charge in [0.1, 0.15) is 5.82 Å². The number of carbonyl (C=O) groups is 3. The predicted octanol–water partition coefficient (Wildman–Crippen LogP) is 2.97. The van der Waals surface area contributed by atoms with Crippen LogP contribution in [-0.4, -0.2) is 30.9 Å². The summed E-state index contributed by atoms with van der Waals surface area (Å²) >= 11 is 11.6. The van der Waals surface area contributed by atoms with Crippen LogP contribution in [0.15, 0.2) is 42.5 Å². The van der Waals surface area contributed by atoms with Crippen molar-refractivity contribution in [1.29, 1.82) is 0 Å². The molecule has 0 aliphatic rings. The Morgan fingerprint density at radius 2 is 1.67 bits per heavy atom. The van der Waals surface area contributed by atoms with E-state index in [1.54, 1.807) is 12.1 Å². The van der Waals surface area contributed by atoms with Crippen molar-refractivity contribution in [3.05, 3.63) is 63.9 Å². The largest absolute Gasteiger partial charge is 0.455 e. The normalized spacial score (nSPS) is 10.2. The van der Waals surface area contributed by atoms with Crippen LogP contribution in [0.4, 0.5) is 10.1 Å². The van der Waals surface area contributed by atoms with Gasteiger partial charge in [0.2, 0.25) is 5.91 Å². The summed E-state index contributed by atoms with van der Waals surface area (Å²) in [4.78, 5) is 35.1. The number of halogens is 3. The number of benzene rings is 2. The van der Waals surface area contributed by atoms with Crippen molar-refractivity contribution in [2.45, 2.75) is 6.42 Å². The van der Waals surface area contributed by atoms with Gasteiger partial charge in [-0.05, 0) is 42.0 Å². The average molecular weight is 413 g/mol. The molecule has 142 valence electrons. The zero-order valence-electron chi connectivity index (χ0n) is 13.9. The fourth-order valence-corrected chi connectivity index (χ4v) is 2.30. The topological polar surface area (TPSA) is 84.5 Å². The van der Waals surface area contributed by atoms with Crippen LogP contribution in [0.5, 0.6) is 0 Å². The lowest BCUT2D eigenvalue weighted by Gasteiger charge is -2.08. The lowest BCUT2D eigenvalue weighted by Crippen LogP contribution is -2.35. The highest BCUT2D eigenvalue weighted by Gasteiger charge is 2.11. The molecule has 0 heterocycles. The lowest BCUT2D eigenvalue weighted by atomic mass is 10.1. The average Bonchev–Trinajstić information content (AvgIpc) is 2.63. The highest BCUT2D eigenvalue weighted by Crippen LogP contribution is 2.22. The standard InChI is InChI=1S/C18H15Cl2FN2O4/c19-14-6-1-11(7-15(14)20)8-18(26)27-10-17(25)22-9-16(24)23-13-4-2-12(21)3-5-13/h1-7H,8-10H2,(H,22,25)(H,23,24). The Morgan fingerprint density at radius 1 is 0.963 bits per heavy atom. The maximum absolute atomic E-state index is 12.8. The fourth-order valence-electron chi connectivity index (χ4n) is 1.98. The van der Waals surface area contributed by atoms with E-state index in [-0.39, 0.29) is 13.0 Å². The molecule has 9 heteroatoms. The van der Waals surface area contributed by atoms with Crippen LogP contribution in [0.1, 0.15) is 5.56 Å². The van der Waals surface area contributed by atoms with Gasteiger partial charge in [0.05, 0.1) is 23.0 Å². The maximum atomic E-state index is 12.8. The minimum absolute atomic E-state index is 0.0742. The smallest absolute Gasteiger partial charge is 0.310 e. The molecule has 0 bridgehead atoms. The van der Waals surface area contributed by atoms with E-state index >= 15 is 0 Å². The summed E-state index contributed by atoms with van der Waals surface area (Å²) in [7, 11) is 0. The molecule has 2 amide bonds. The quantitative estimate of drug-likeness (QED) is 0.684.